The van der Waals surface area contributed by atoms with Gasteiger partial charge in [-0.3, -0.25) is 0 Å². The van der Waals surface area contributed by atoms with Crippen molar-refractivity contribution >= 4 is 49.6 Å². The first-order valence-corrected chi connectivity index (χ1v) is 18.5. The minimum atomic E-state index is 1.09. The molecular formula is C52H36N2. The van der Waals surface area contributed by atoms with E-state index < -0.39 is 0 Å². The first-order valence-electron chi connectivity index (χ1n) is 18.5. The summed E-state index contributed by atoms with van der Waals surface area (Å²) in [6.07, 6.45) is 0. The maximum absolute atomic E-state index is 2.43. The molecule has 0 saturated carbocycles. The number of aromatic nitrogens is 1. The Hall–Kier alpha value is -7.16. The quantitative estimate of drug-likeness (QED) is 0.162. The van der Waals surface area contributed by atoms with Gasteiger partial charge in [0.15, 0.2) is 0 Å². The number of anilines is 3. The van der Waals surface area contributed by atoms with Crippen molar-refractivity contribution in [2.45, 2.75) is 0 Å². The molecule has 2 nitrogen and oxygen atoms in total. The van der Waals surface area contributed by atoms with Gasteiger partial charge in [0.05, 0.1) is 22.4 Å². The van der Waals surface area contributed by atoms with Crippen LogP contribution in [0.3, 0.4) is 0 Å². The Morgan fingerprint density at radius 2 is 0.796 bits per heavy atom. The molecule has 0 unspecified atom stereocenters. The van der Waals surface area contributed by atoms with Crippen LogP contribution in [-0.2, 0) is 0 Å². The Balaban J connectivity index is 1.16. The molecule has 0 spiro atoms. The van der Waals surface area contributed by atoms with Gasteiger partial charge >= 0.3 is 0 Å². The fourth-order valence-corrected chi connectivity index (χ4v) is 8.13. The summed E-state index contributed by atoms with van der Waals surface area (Å²) in [5, 5.41) is 5.02. The number of hydrogen-bond donors (Lipinski definition) is 0. The number of fused-ring (bicyclic) bond motifs is 4. The van der Waals surface area contributed by atoms with Gasteiger partial charge in [-0.2, -0.15) is 0 Å². The van der Waals surface area contributed by atoms with Gasteiger partial charge in [-0.05, 0) is 81.6 Å². The van der Waals surface area contributed by atoms with Crippen LogP contribution in [0.15, 0.2) is 218 Å². The van der Waals surface area contributed by atoms with Crippen LogP contribution in [0.5, 0.6) is 0 Å². The summed E-state index contributed by atoms with van der Waals surface area (Å²) in [4.78, 5) is 2.43. The van der Waals surface area contributed by atoms with Gasteiger partial charge in [0.2, 0.25) is 0 Å². The zero-order valence-electron chi connectivity index (χ0n) is 29.7. The molecule has 10 rings (SSSR count). The fraction of sp³-hybridized carbons (Fsp3) is 0. The third kappa shape index (κ3) is 5.44. The highest BCUT2D eigenvalue weighted by Crippen LogP contribution is 2.45. The zero-order valence-corrected chi connectivity index (χ0v) is 29.7. The van der Waals surface area contributed by atoms with E-state index in [1.807, 2.05) is 0 Å². The lowest BCUT2D eigenvalue weighted by molar-refractivity contribution is 1.18. The largest absolute Gasteiger partial charge is 0.309 e. The SMILES string of the molecule is c1ccc(-c2ccccc2N(c2ccc(-c3cccc4ccccc34)cc2)c2ccccc2-c2cccc(-n3c4ccccc4c4ccccc43)c2)cc1. The standard InChI is InChI=1S/C52H36N2/c1-2-16-38(17-3-1)45-23-6-10-28-49(45)53(41-34-32-39(33-35-41)44-27-15-19-37-18-4-5-22-43(37)44)50-29-11-7-24-46(50)40-20-14-21-42(36-40)54-51-30-12-8-25-47(51)48-26-9-13-31-52(48)54/h1-36H. The molecule has 10 aromatic rings. The van der Waals surface area contributed by atoms with Gasteiger partial charge in [-0.1, -0.05) is 170 Å². The van der Waals surface area contributed by atoms with Crippen LogP contribution in [0.1, 0.15) is 0 Å². The predicted molar refractivity (Wildman–Crippen MR) is 229 cm³/mol. The van der Waals surface area contributed by atoms with E-state index in [0.29, 0.717) is 0 Å². The second-order valence-electron chi connectivity index (χ2n) is 13.7. The van der Waals surface area contributed by atoms with Crippen molar-refractivity contribution in [1.29, 1.82) is 0 Å². The lowest BCUT2D eigenvalue weighted by Crippen LogP contribution is -2.12. The molecule has 0 aliphatic carbocycles. The highest BCUT2D eigenvalue weighted by molar-refractivity contribution is 6.09. The van der Waals surface area contributed by atoms with Gasteiger partial charge in [0.1, 0.15) is 0 Å². The summed E-state index contributed by atoms with van der Waals surface area (Å²) in [6.45, 7) is 0. The molecule has 0 atom stereocenters. The molecule has 1 aromatic heterocycles. The fourth-order valence-electron chi connectivity index (χ4n) is 8.13. The van der Waals surface area contributed by atoms with E-state index in [0.717, 1.165) is 33.9 Å². The van der Waals surface area contributed by atoms with E-state index in [-0.39, 0.29) is 0 Å². The van der Waals surface area contributed by atoms with E-state index in [9.17, 15) is 0 Å². The molecule has 0 saturated heterocycles. The van der Waals surface area contributed by atoms with E-state index in [1.165, 1.54) is 54.8 Å². The molecule has 54 heavy (non-hydrogen) atoms. The summed E-state index contributed by atoms with van der Waals surface area (Å²) in [6, 6.07) is 78.9. The number of rotatable bonds is 7. The average molecular weight is 689 g/mol. The monoisotopic (exact) mass is 688 g/mol. The second kappa shape index (κ2) is 13.4. The minimum Gasteiger partial charge on any atom is -0.309 e. The van der Waals surface area contributed by atoms with Gasteiger partial charge in [0.25, 0.3) is 0 Å². The zero-order chi connectivity index (χ0) is 35.8. The highest BCUT2D eigenvalue weighted by atomic mass is 15.1. The molecule has 0 fully saturated rings. The van der Waals surface area contributed by atoms with Crippen molar-refractivity contribution in [2.24, 2.45) is 0 Å². The molecule has 1 heterocycles. The van der Waals surface area contributed by atoms with Gasteiger partial charge in [0, 0.05) is 33.3 Å². The van der Waals surface area contributed by atoms with Crippen LogP contribution in [0.4, 0.5) is 17.1 Å². The third-order valence-electron chi connectivity index (χ3n) is 10.6. The molecular weight excluding hydrogens is 653 g/mol. The predicted octanol–water partition coefficient (Wildman–Crippen LogP) is 14.4. The highest BCUT2D eigenvalue weighted by Gasteiger charge is 2.21. The van der Waals surface area contributed by atoms with Crippen LogP contribution < -0.4 is 4.90 Å². The van der Waals surface area contributed by atoms with Crippen LogP contribution in [0.2, 0.25) is 0 Å². The van der Waals surface area contributed by atoms with Crippen molar-refractivity contribution < 1.29 is 0 Å². The summed E-state index contributed by atoms with van der Waals surface area (Å²) < 4.78 is 2.39. The van der Waals surface area contributed by atoms with Crippen molar-refractivity contribution in [1.82, 2.24) is 4.57 Å². The maximum atomic E-state index is 2.43. The number of nitrogens with zero attached hydrogens (tertiary/aromatic N) is 2. The molecule has 9 aromatic carbocycles. The Bertz CT molecular complexity index is 2880. The maximum Gasteiger partial charge on any atom is 0.0541 e. The van der Waals surface area contributed by atoms with Crippen LogP contribution in [0.25, 0.3) is 71.6 Å². The Labute approximate surface area is 315 Å². The number of benzene rings is 9. The smallest absolute Gasteiger partial charge is 0.0541 e. The molecule has 0 aliphatic heterocycles. The molecule has 0 bridgehead atoms. The van der Waals surface area contributed by atoms with Crippen LogP contribution >= 0.6 is 0 Å². The van der Waals surface area contributed by atoms with E-state index >= 15 is 0 Å². The number of hydrogen-bond acceptors (Lipinski definition) is 1. The van der Waals surface area contributed by atoms with E-state index in [2.05, 4.69) is 228 Å². The molecule has 0 N–H and O–H groups in total. The normalized spacial score (nSPS) is 11.3. The minimum absolute atomic E-state index is 1.09. The second-order valence-corrected chi connectivity index (χ2v) is 13.7. The molecule has 2 heteroatoms. The molecule has 0 aliphatic rings. The molecule has 254 valence electrons. The van der Waals surface area contributed by atoms with E-state index in [1.54, 1.807) is 0 Å². The lowest BCUT2D eigenvalue weighted by Gasteiger charge is -2.30. The third-order valence-corrected chi connectivity index (χ3v) is 10.6. The molecule has 0 amide bonds. The van der Waals surface area contributed by atoms with Crippen molar-refractivity contribution in [3.05, 3.63) is 218 Å². The topological polar surface area (TPSA) is 8.17 Å². The Morgan fingerprint density at radius 3 is 1.50 bits per heavy atom. The van der Waals surface area contributed by atoms with Gasteiger partial charge < -0.3 is 9.47 Å². The van der Waals surface area contributed by atoms with Gasteiger partial charge in [-0.15, -0.1) is 0 Å². The summed E-state index contributed by atoms with van der Waals surface area (Å²) in [5.74, 6) is 0. The first-order chi connectivity index (χ1) is 26.8. The van der Waals surface area contributed by atoms with Crippen LogP contribution in [-0.4, -0.2) is 4.57 Å². The van der Waals surface area contributed by atoms with Crippen molar-refractivity contribution in [3.8, 4) is 39.1 Å². The summed E-state index contributed by atoms with van der Waals surface area (Å²) in [5.41, 5.74) is 13.9. The van der Waals surface area contributed by atoms with Gasteiger partial charge in [-0.25, -0.2) is 0 Å². The van der Waals surface area contributed by atoms with Crippen molar-refractivity contribution in [3.63, 3.8) is 0 Å². The first kappa shape index (κ1) is 31.6. The Kier molecular flexibility index (Phi) is 7.85. The van der Waals surface area contributed by atoms with E-state index in [4.69, 9.17) is 0 Å². The molecule has 0 radical (unpaired) electrons. The lowest BCUT2D eigenvalue weighted by atomic mass is 9.96. The average Bonchev–Trinajstić information content (AvgIpc) is 3.59. The number of para-hydroxylation sites is 4. The van der Waals surface area contributed by atoms with Crippen molar-refractivity contribution in [2.75, 3.05) is 4.90 Å². The summed E-state index contributed by atoms with van der Waals surface area (Å²) in [7, 11) is 0. The van der Waals surface area contributed by atoms with Crippen LogP contribution in [0, 0.1) is 0 Å². The Morgan fingerprint density at radius 1 is 0.315 bits per heavy atom. The summed E-state index contributed by atoms with van der Waals surface area (Å²) >= 11 is 0.